The first-order chi connectivity index (χ1) is 33.4. The van der Waals surface area contributed by atoms with E-state index >= 15 is 0 Å². The Morgan fingerprint density at radius 2 is 0.600 bits per heavy atom. The average molecular weight is 1030 g/mol. The van der Waals surface area contributed by atoms with Gasteiger partial charge in [0.2, 0.25) is 0 Å². The molecule has 408 valence electrons. The summed E-state index contributed by atoms with van der Waals surface area (Å²) >= 11 is 0. The zero-order valence-electron chi connectivity index (χ0n) is 48.5. The molecule has 4 nitrogen and oxygen atoms in total. The number of hydrogen-bond donors (Lipinski definition) is 0. The van der Waals surface area contributed by atoms with Gasteiger partial charge in [-0.2, -0.15) is 0 Å². The van der Waals surface area contributed by atoms with Crippen LogP contribution in [-0.2, 0) is 21.7 Å². The quantitative estimate of drug-likeness (QED) is 0.195. The summed E-state index contributed by atoms with van der Waals surface area (Å²) in [6, 6.07) is 0.998. The van der Waals surface area contributed by atoms with E-state index in [9.17, 15) is 0 Å². The third-order valence-electron chi connectivity index (χ3n) is 16.4. The largest absolute Gasteiger partial charge is 4.00 e. The van der Waals surface area contributed by atoms with Gasteiger partial charge in [-0.1, -0.05) is 345 Å². The van der Waals surface area contributed by atoms with Gasteiger partial charge in [0.1, 0.15) is 0 Å². The number of rotatable bonds is 2. The van der Waals surface area contributed by atoms with Crippen molar-refractivity contribution in [1.82, 2.24) is 0 Å². The van der Waals surface area contributed by atoms with Crippen molar-refractivity contribution in [1.29, 1.82) is 0 Å². The third-order valence-corrected chi connectivity index (χ3v) is 19.4. The van der Waals surface area contributed by atoms with Crippen LogP contribution in [0, 0.1) is 0 Å². The zero-order valence-corrected chi connectivity index (χ0v) is 51.2. The van der Waals surface area contributed by atoms with Crippen LogP contribution in [-0.4, -0.2) is 33.0 Å². The van der Waals surface area contributed by atoms with E-state index < -0.39 is 8.80 Å². The molecule has 1 atom stereocenters. The second-order valence-corrected chi connectivity index (χ2v) is 26.6. The number of nitrogens with one attached hydrogen (secondary N) is 4. The van der Waals surface area contributed by atoms with Gasteiger partial charge in [0.25, 0.3) is 0 Å². The molecule has 0 aromatic carbocycles. The molecule has 0 radical (unpaired) electrons. The Morgan fingerprint density at radius 3 is 0.700 bits per heavy atom. The van der Waals surface area contributed by atoms with Crippen LogP contribution in [0.5, 0.6) is 0 Å². The monoisotopic (exact) mass is 1020 g/mol. The van der Waals surface area contributed by atoms with Gasteiger partial charge in [0, 0.05) is 8.80 Å². The van der Waals surface area contributed by atoms with Crippen LogP contribution in [0.3, 0.4) is 0 Å². The zero-order chi connectivity index (χ0) is 51.1. The SMILES string of the molecule is C=CC=CC.CC1=CC(C)([SiH](C)C)C(C)=C1C.[NH-]C1CCCCCCCCCCC1.[NH-]C1CCCCCCCCCCC1.[NH-]C1CCCCCCCCCCC1.[NH-]C1CCCCCCCCCCC1.[Ti+4]. The first kappa shape index (κ1) is 71.8. The van der Waals surface area contributed by atoms with Crippen LogP contribution in [0.4, 0.5) is 0 Å². The van der Waals surface area contributed by atoms with Gasteiger partial charge in [-0.25, -0.2) is 0 Å². The first-order valence-electron chi connectivity index (χ1n) is 30.8. The molecule has 70 heavy (non-hydrogen) atoms. The summed E-state index contributed by atoms with van der Waals surface area (Å²) in [5, 5.41) is 0.453. The predicted molar refractivity (Wildman–Crippen MR) is 320 cm³/mol. The van der Waals surface area contributed by atoms with Crippen LogP contribution >= 0.6 is 0 Å². The minimum Gasteiger partial charge on any atom is -0.675 e. The summed E-state index contributed by atoms with van der Waals surface area (Å²) in [4.78, 5) is 0. The Hall–Kier alpha value is -0.269. The Morgan fingerprint density at radius 1 is 0.414 bits per heavy atom. The van der Waals surface area contributed by atoms with E-state index in [4.69, 9.17) is 22.9 Å². The Balaban J connectivity index is 0. The molecule has 0 amide bonds. The maximum atomic E-state index is 7.80. The number of hydrogen-bond acceptors (Lipinski definition) is 0. The van der Waals surface area contributed by atoms with E-state index in [1.807, 2.05) is 19.1 Å². The fraction of sp³-hybridized carbons (Fsp3) is 0.875. The molecule has 5 aliphatic rings. The summed E-state index contributed by atoms with van der Waals surface area (Å²) in [6.07, 6.45) is 67.2. The molecule has 0 spiro atoms. The van der Waals surface area contributed by atoms with Crippen LogP contribution < -0.4 is 0 Å². The molecular formula is C64H124N4SiTi. The Kier molecular flexibility index (Phi) is 53.5. The summed E-state index contributed by atoms with van der Waals surface area (Å²) < 4.78 is 0. The van der Waals surface area contributed by atoms with Gasteiger partial charge in [0.15, 0.2) is 0 Å². The maximum Gasteiger partial charge on any atom is 4.00 e. The summed E-state index contributed by atoms with van der Waals surface area (Å²) in [5.74, 6) is 0. The average Bonchev–Trinajstić information content (AvgIpc) is 3.52. The van der Waals surface area contributed by atoms with E-state index in [1.165, 1.54) is 242 Å². The Labute approximate surface area is 457 Å². The molecule has 4 N–H and O–H groups in total. The standard InChI is InChI=1S/4C12H24N.C11H20Si.C5H8.Ti/c4*13-12-10-8-6-4-2-1-3-5-7-9-11-12;1-8-7-11(4,12(5)6)10(3)9(8)2;1-3-5-4-2;/h4*12-13H,1-11H2;7,12H,1-6H3;3-5H,1H2,2H3;/q4*-1;;;+4. The van der Waals surface area contributed by atoms with Crippen molar-refractivity contribution < 1.29 is 21.7 Å². The molecular weight excluding hydrogens is 901 g/mol. The van der Waals surface area contributed by atoms with Crippen LogP contribution in [0.1, 0.15) is 317 Å². The van der Waals surface area contributed by atoms with Crippen molar-refractivity contribution in [3.05, 3.63) is 70.5 Å². The second-order valence-electron chi connectivity index (χ2n) is 23.1. The van der Waals surface area contributed by atoms with Crippen LogP contribution in [0.2, 0.25) is 18.1 Å². The van der Waals surface area contributed by atoms with Crippen LogP contribution in [0.25, 0.3) is 22.9 Å². The molecule has 6 heteroatoms. The van der Waals surface area contributed by atoms with Crippen LogP contribution in [0.15, 0.2) is 47.6 Å². The van der Waals surface area contributed by atoms with Gasteiger partial charge >= 0.3 is 21.7 Å². The van der Waals surface area contributed by atoms with Gasteiger partial charge < -0.3 is 22.9 Å². The van der Waals surface area contributed by atoms with E-state index in [0.29, 0.717) is 5.04 Å². The van der Waals surface area contributed by atoms with Crippen molar-refractivity contribution in [2.45, 2.75) is 359 Å². The van der Waals surface area contributed by atoms with E-state index in [2.05, 4.69) is 53.4 Å². The van der Waals surface area contributed by atoms with E-state index in [1.54, 1.807) is 11.6 Å². The molecule has 0 aliphatic heterocycles. The molecule has 0 bridgehead atoms. The minimum atomic E-state index is -0.607. The Bertz CT molecular complexity index is 1060. The summed E-state index contributed by atoms with van der Waals surface area (Å²) in [6.45, 7) is 19.5. The summed E-state index contributed by atoms with van der Waals surface area (Å²) in [5.41, 5.74) is 35.9. The van der Waals surface area contributed by atoms with Crippen molar-refractivity contribution in [2.24, 2.45) is 0 Å². The molecule has 1 unspecified atom stereocenters. The van der Waals surface area contributed by atoms with E-state index in [-0.39, 0.29) is 45.9 Å². The minimum absolute atomic E-state index is 0. The smallest absolute Gasteiger partial charge is 0.675 e. The molecule has 5 rings (SSSR count). The molecule has 5 aliphatic carbocycles. The fourth-order valence-electron chi connectivity index (χ4n) is 10.8. The van der Waals surface area contributed by atoms with Gasteiger partial charge in [-0.3, -0.25) is 0 Å². The second kappa shape index (κ2) is 52.2. The fourth-order valence-corrected chi connectivity index (χ4v) is 12.4. The number of allylic oxidation sites excluding steroid dienone is 7. The van der Waals surface area contributed by atoms with E-state index in [0.717, 1.165) is 51.4 Å². The first-order valence-corrected chi connectivity index (χ1v) is 33.7. The normalized spacial score (nSPS) is 24.1. The predicted octanol–water partition coefficient (Wildman–Crippen LogP) is 24.1. The molecule has 0 aromatic heterocycles. The maximum absolute atomic E-state index is 7.80. The van der Waals surface area contributed by atoms with Crippen molar-refractivity contribution >= 4 is 8.80 Å². The summed E-state index contributed by atoms with van der Waals surface area (Å²) in [7, 11) is -0.607. The molecule has 0 aromatic rings. The van der Waals surface area contributed by atoms with Gasteiger partial charge in [0.05, 0.1) is 0 Å². The molecule has 0 saturated heterocycles. The molecule has 4 saturated carbocycles. The third kappa shape index (κ3) is 44.1. The van der Waals surface area contributed by atoms with Crippen molar-refractivity contribution in [2.75, 3.05) is 0 Å². The molecule has 4 fully saturated rings. The topological polar surface area (TPSA) is 95.2 Å². The van der Waals surface area contributed by atoms with Gasteiger partial charge in [-0.05, 0) is 38.3 Å². The van der Waals surface area contributed by atoms with Crippen molar-refractivity contribution in [3.63, 3.8) is 0 Å². The van der Waals surface area contributed by atoms with Crippen molar-refractivity contribution in [3.8, 4) is 0 Å². The van der Waals surface area contributed by atoms with Gasteiger partial charge in [-0.15, -0.1) is 24.2 Å². The molecule has 0 heterocycles.